The summed E-state index contributed by atoms with van der Waals surface area (Å²) in [7, 11) is 0. The molecule has 0 bridgehead atoms. The summed E-state index contributed by atoms with van der Waals surface area (Å²) in [6, 6.07) is 4.99. The van der Waals surface area contributed by atoms with Gasteiger partial charge in [0.2, 0.25) is 0 Å². The molecule has 74 valence electrons. The summed E-state index contributed by atoms with van der Waals surface area (Å²) in [5.41, 5.74) is 0.560. The topological polar surface area (TPSA) is 44.8 Å². The highest BCUT2D eigenvalue weighted by atomic mass is 16.9. The Morgan fingerprint density at radius 2 is 2.21 bits per heavy atom. The van der Waals surface area contributed by atoms with Crippen molar-refractivity contribution in [2.75, 3.05) is 6.61 Å². The number of carbonyl (C=O) groups is 1. The van der Waals surface area contributed by atoms with E-state index in [1.165, 1.54) is 0 Å². The van der Waals surface area contributed by atoms with Crippen LogP contribution in [-0.4, -0.2) is 19.4 Å². The van der Waals surface area contributed by atoms with Gasteiger partial charge >= 0.3 is 6.48 Å². The van der Waals surface area contributed by atoms with Crippen LogP contribution in [0.5, 0.6) is 11.5 Å². The van der Waals surface area contributed by atoms with E-state index in [2.05, 4.69) is 0 Å². The molecule has 1 heterocycles. The summed E-state index contributed by atoms with van der Waals surface area (Å²) in [6.45, 7) is 1.68. The van der Waals surface area contributed by atoms with E-state index in [9.17, 15) is 4.79 Å². The minimum Gasteiger partial charge on any atom is -0.428 e. The number of fused-ring (bicyclic) bond motifs is 1. The average molecular weight is 194 g/mol. The Kier molecular flexibility index (Phi) is 2.37. The number of hydrogen-bond donors (Lipinski definition) is 0. The Labute approximate surface area is 81.4 Å². The standard InChI is InChI=1S/C10H10O4/c1-2-12-10-13-8-4-3-7(6-11)5-9(8)14-10/h3-6,10H,2H2,1H3. The summed E-state index contributed by atoms with van der Waals surface area (Å²) in [6.07, 6.45) is 0.762. The van der Waals surface area contributed by atoms with Gasteiger partial charge in [-0.25, -0.2) is 0 Å². The number of ether oxygens (including phenoxy) is 3. The molecule has 0 saturated heterocycles. The summed E-state index contributed by atoms with van der Waals surface area (Å²) in [5, 5.41) is 0. The summed E-state index contributed by atoms with van der Waals surface area (Å²) in [5.74, 6) is 1.15. The molecule has 1 unspecified atom stereocenters. The minimum atomic E-state index is -0.683. The van der Waals surface area contributed by atoms with Gasteiger partial charge in [0, 0.05) is 5.56 Å². The van der Waals surface area contributed by atoms with Crippen molar-refractivity contribution in [3.63, 3.8) is 0 Å². The molecule has 1 aromatic carbocycles. The Bertz CT molecular complexity index is 348. The van der Waals surface area contributed by atoms with Crippen molar-refractivity contribution in [3.05, 3.63) is 23.8 Å². The molecule has 1 aliphatic heterocycles. The molecular formula is C10H10O4. The Balaban J connectivity index is 2.18. The lowest BCUT2D eigenvalue weighted by molar-refractivity contribution is -0.173. The molecule has 0 saturated carbocycles. The SMILES string of the molecule is CCOC1Oc2ccc(C=O)cc2O1. The molecule has 0 N–H and O–H groups in total. The highest BCUT2D eigenvalue weighted by Crippen LogP contribution is 2.35. The van der Waals surface area contributed by atoms with Gasteiger partial charge in [0.15, 0.2) is 11.5 Å². The van der Waals surface area contributed by atoms with E-state index in [0.717, 1.165) is 6.29 Å². The second kappa shape index (κ2) is 3.67. The predicted molar refractivity (Wildman–Crippen MR) is 48.5 cm³/mol. The number of benzene rings is 1. The zero-order valence-corrected chi connectivity index (χ0v) is 7.73. The van der Waals surface area contributed by atoms with Crippen LogP contribution in [0, 0.1) is 0 Å². The van der Waals surface area contributed by atoms with Crippen LogP contribution >= 0.6 is 0 Å². The van der Waals surface area contributed by atoms with Gasteiger partial charge in [-0.15, -0.1) is 0 Å². The van der Waals surface area contributed by atoms with Gasteiger partial charge in [0.25, 0.3) is 0 Å². The van der Waals surface area contributed by atoms with Crippen LogP contribution in [0.15, 0.2) is 18.2 Å². The van der Waals surface area contributed by atoms with E-state index in [-0.39, 0.29) is 0 Å². The molecule has 0 aromatic heterocycles. The predicted octanol–water partition coefficient (Wildman–Crippen LogP) is 1.59. The largest absolute Gasteiger partial charge is 0.428 e. The Morgan fingerprint density at radius 1 is 1.43 bits per heavy atom. The van der Waals surface area contributed by atoms with Crippen LogP contribution in [0.2, 0.25) is 0 Å². The maximum atomic E-state index is 10.5. The molecule has 14 heavy (non-hydrogen) atoms. The first-order chi connectivity index (χ1) is 6.83. The van der Waals surface area contributed by atoms with Crippen molar-refractivity contribution in [3.8, 4) is 11.5 Å². The molecule has 4 nitrogen and oxygen atoms in total. The van der Waals surface area contributed by atoms with Crippen LogP contribution in [-0.2, 0) is 4.74 Å². The molecule has 1 aliphatic rings. The third kappa shape index (κ3) is 1.56. The normalized spacial score (nSPS) is 18.2. The zero-order valence-electron chi connectivity index (χ0n) is 7.73. The molecule has 2 rings (SSSR count). The van der Waals surface area contributed by atoms with Crippen molar-refractivity contribution < 1.29 is 19.0 Å². The molecule has 0 aliphatic carbocycles. The van der Waals surface area contributed by atoms with E-state index in [4.69, 9.17) is 14.2 Å². The quantitative estimate of drug-likeness (QED) is 0.685. The van der Waals surface area contributed by atoms with Gasteiger partial charge in [0.1, 0.15) is 6.29 Å². The van der Waals surface area contributed by atoms with Crippen molar-refractivity contribution in [1.29, 1.82) is 0 Å². The van der Waals surface area contributed by atoms with Crippen molar-refractivity contribution in [2.45, 2.75) is 13.4 Å². The number of aldehydes is 1. The van der Waals surface area contributed by atoms with Gasteiger partial charge in [0.05, 0.1) is 6.61 Å². The second-order valence-electron chi connectivity index (χ2n) is 2.80. The van der Waals surface area contributed by atoms with Gasteiger partial charge in [-0.1, -0.05) is 0 Å². The molecule has 0 amide bonds. The van der Waals surface area contributed by atoms with Crippen LogP contribution in [0.1, 0.15) is 17.3 Å². The Hall–Kier alpha value is -1.55. The highest BCUT2D eigenvalue weighted by molar-refractivity contribution is 5.76. The van der Waals surface area contributed by atoms with Crippen molar-refractivity contribution in [1.82, 2.24) is 0 Å². The van der Waals surface area contributed by atoms with Gasteiger partial charge in [-0.3, -0.25) is 4.79 Å². The maximum Gasteiger partial charge on any atom is 0.361 e. The molecule has 4 heteroatoms. The maximum absolute atomic E-state index is 10.5. The highest BCUT2D eigenvalue weighted by Gasteiger charge is 2.24. The van der Waals surface area contributed by atoms with Crippen LogP contribution < -0.4 is 9.47 Å². The van der Waals surface area contributed by atoms with Crippen LogP contribution in [0.25, 0.3) is 0 Å². The molecule has 0 spiro atoms. The third-order valence-corrected chi connectivity index (χ3v) is 1.85. The van der Waals surface area contributed by atoms with E-state index >= 15 is 0 Å². The van der Waals surface area contributed by atoms with E-state index in [0.29, 0.717) is 23.7 Å². The molecular weight excluding hydrogens is 184 g/mol. The first-order valence-corrected chi connectivity index (χ1v) is 4.37. The Morgan fingerprint density at radius 3 is 2.93 bits per heavy atom. The summed E-state index contributed by atoms with van der Waals surface area (Å²) >= 11 is 0. The molecule has 0 fully saturated rings. The third-order valence-electron chi connectivity index (χ3n) is 1.85. The number of carbonyl (C=O) groups excluding carboxylic acids is 1. The van der Waals surface area contributed by atoms with Gasteiger partial charge in [-0.2, -0.15) is 0 Å². The molecule has 0 radical (unpaired) electrons. The first-order valence-electron chi connectivity index (χ1n) is 4.37. The van der Waals surface area contributed by atoms with Crippen LogP contribution in [0.4, 0.5) is 0 Å². The average Bonchev–Trinajstić information content (AvgIpc) is 2.59. The van der Waals surface area contributed by atoms with E-state index < -0.39 is 6.48 Å². The fourth-order valence-corrected chi connectivity index (χ4v) is 1.22. The fraction of sp³-hybridized carbons (Fsp3) is 0.300. The number of hydrogen-bond acceptors (Lipinski definition) is 4. The van der Waals surface area contributed by atoms with Crippen LogP contribution in [0.3, 0.4) is 0 Å². The number of rotatable bonds is 3. The molecule has 1 aromatic rings. The van der Waals surface area contributed by atoms with Crippen molar-refractivity contribution >= 4 is 6.29 Å². The summed E-state index contributed by atoms with van der Waals surface area (Å²) in [4.78, 5) is 10.5. The molecule has 1 atom stereocenters. The smallest absolute Gasteiger partial charge is 0.361 e. The minimum absolute atomic E-state index is 0.513. The van der Waals surface area contributed by atoms with E-state index in [1.807, 2.05) is 6.92 Å². The monoisotopic (exact) mass is 194 g/mol. The zero-order chi connectivity index (χ0) is 9.97. The lowest BCUT2D eigenvalue weighted by Crippen LogP contribution is -2.21. The summed E-state index contributed by atoms with van der Waals surface area (Å²) < 4.78 is 15.7. The lowest BCUT2D eigenvalue weighted by Gasteiger charge is -2.07. The first kappa shape index (κ1) is 9.02. The van der Waals surface area contributed by atoms with E-state index in [1.54, 1.807) is 18.2 Å². The lowest BCUT2D eigenvalue weighted by atomic mass is 10.2. The fourth-order valence-electron chi connectivity index (χ4n) is 1.22. The van der Waals surface area contributed by atoms with Crippen molar-refractivity contribution in [2.24, 2.45) is 0 Å². The second-order valence-corrected chi connectivity index (χ2v) is 2.80. The van der Waals surface area contributed by atoms with Gasteiger partial charge < -0.3 is 14.2 Å². The van der Waals surface area contributed by atoms with Gasteiger partial charge in [-0.05, 0) is 25.1 Å².